The average molecular weight is 242 g/mol. The molecule has 1 aromatic heterocycles. The van der Waals surface area contributed by atoms with Gasteiger partial charge >= 0.3 is 0 Å². The molecule has 0 fully saturated rings. The Balaban J connectivity index is 1.90. The van der Waals surface area contributed by atoms with Gasteiger partial charge in [-0.25, -0.2) is 0 Å². The summed E-state index contributed by atoms with van der Waals surface area (Å²) in [5.41, 5.74) is 2.14. The smallest absolute Gasteiger partial charge is 0.174 e. The van der Waals surface area contributed by atoms with Crippen molar-refractivity contribution >= 4 is 0 Å². The first-order valence-electron chi connectivity index (χ1n) is 5.66. The molecule has 0 radical (unpaired) electrons. The average Bonchev–Trinajstić information content (AvgIpc) is 2.91. The van der Waals surface area contributed by atoms with E-state index in [1.54, 1.807) is 6.20 Å². The zero-order valence-corrected chi connectivity index (χ0v) is 9.89. The summed E-state index contributed by atoms with van der Waals surface area (Å²) < 4.78 is 5.35. The van der Waals surface area contributed by atoms with Crippen molar-refractivity contribution in [3.63, 3.8) is 0 Å². The Hall–Kier alpha value is -2.32. The van der Waals surface area contributed by atoms with Gasteiger partial charge in [-0.2, -0.15) is 10.4 Å². The largest absolute Gasteiger partial charge is 0.478 e. The van der Waals surface area contributed by atoms with Crippen LogP contribution in [0.5, 0.6) is 5.75 Å². The Labute approximate surface area is 105 Å². The highest BCUT2D eigenvalue weighted by Crippen LogP contribution is 2.17. The number of ether oxygens (including phenoxy) is 1. The van der Waals surface area contributed by atoms with Crippen LogP contribution < -0.4 is 10.1 Å². The van der Waals surface area contributed by atoms with Crippen molar-refractivity contribution < 1.29 is 4.74 Å². The second-order valence-electron chi connectivity index (χ2n) is 3.76. The van der Waals surface area contributed by atoms with Crippen LogP contribution in [-0.4, -0.2) is 16.8 Å². The lowest BCUT2D eigenvalue weighted by molar-refractivity contribution is 0.362. The maximum Gasteiger partial charge on any atom is 0.174 e. The SMILES string of the molecule is N#CCOc1ccccc1CNCc1cn[nH]c1. The van der Waals surface area contributed by atoms with E-state index in [0.717, 1.165) is 23.4 Å². The second kappa shape index (κ2) is 6.42. The first kappa shape index (κ1) is 12.1. The van der Waals surface area contributed by atoms with Crippen molar-refractivity contribution in [2.24, 2.45) is 0 Å². The Morgan fingerprint density at radius 2 is 2.22 bits per heavy atom. The normalized spacial score (nSPS) is 9.94. The van der Waals surface area contributed by atoms with Crippen molar-refractivity contribution in [3.05, 3.63) is 47.8 Å². The molecule has 1 aromatic carbocycles. The van der Waals surface area contributed by atoms with Crippen LogP contribution in [0.15, 0.2) is 36.7 Å². The van der Waals surface area contributed by atoms with E-state index in [4.69, 9.17) is 10.00 Å². The lowest BCUT2D eigenvalue weighted by atomic mass is 10.2. The summed E-state index contributed by atoms with van der Waals surface area (Å²) in [5.74, 6) is 0.749. The Morgan fingerprint density at radius 3 is 3.00 bits per heavy atom. The fourth-order valence-corrected chi connectivity index (χ4v) is 1.62. The number of nitriles is 1. The van der Waals surface area contributed by atoms with Crippen molar-refractivity contribution in [2.75, 3.05) is 6.61 Å². The number of nitrogens with one attached hydrogen (secondary N) is 2. The molecule has 0 unspecified atom stereocenters. The van der Waals surface area contributed by atoms with Gasteiger partial charge in [0.2, 0.25) is 0 Å². The Bertz CT molecular complexity index is 516. The number of H-pyrrole nitrogens is 1. The first-order chi connectivity index (χ1) is 8.90. The van der Waals surface area contributed by atoms with Crippen molar-refractivity contribution in [1.29, 1.82) is 5.26 Å². The molecule has 0 bridgehead atoms. The van der Waals surface area contributed by atoms with Crippen molar-refractivity contribution in [2.45, 2.75) is 13.1 Å². The van der Waals surface area contributed by atoms with E-state index >= 15 is 0 Å². The Kier molecular flexibility index (Phi) is 4.33. The molecule has 2 aromatic rings. The summed E-state index contributed by atoms with van der Waals surface area (Å²) in [4.78, 5) is 0. The molecule has 0 aliphatic rings. The van der Waals surface area contributed by atoms with Gasteiger partial charge in [0.05, 0.1) is 6.20 Å². The van der Waals surface area contributed by atoms with Crippen LogP contribution in [0.4, 0.5) is 0 Å². The number of para-hydroxylation sites is 1. The van der Waals surface area contributed by atoms with E-state index in [2.05, 4.69) is 15.5 Å². The fourth-order valence-electron chi connectivity index (χ4n) is 1.62. The lowest BCUT2D eigenvalue weighted by Crippen LogP contribution is -2.13. The standard InChI is InChI=1S/C13H14N4O/c14-5-6-18-13-4-2-1-3-12(13)10-15-7-11-8-16-17-9-11/h1-4,8-9,15H,6-7,10H2,(H,16,17). The van der Waals surface area contributed by atoms with Gasteiger partial charge in [0.25, 0.3) is 0 Å². The summed E-state index contributed by atoms with van der Waals surface area (Å²) in [6.45, 7) is 1.49. The topological polar surface area (TPSA) is 73.7 Å². The van der Waals surface area contributed by atoms with Crippen LogP contribution in [0, 0.1) is 11.3 Å². The predicted molar refractivity (Wildman–Crippen MR) is 66.7 cm³/mol. The van der Waals surface area contributed by atoms with Gasteiger partial charge in [0.1, 0.15) is 11.8 Å². The molecule has 1 heterocycles. The number of aromatic amines is 1. The van der Waals surface area contributed by atoms with E-state index in [-0.39, 0.29) is 6.61 Å². The summed E-state index contributed by atoms with van der Waals surface area (Å²) >= 11 is 0. The summed E-state index contributed by atoms with van der Waals surface area (Å²) in [7, 11) is 0. The van der Waals surface area contributed by atoms with Crippen molar-refractivity contribution in [3.8, 4) is 11.8 Å². The molecule has 0 saturated carbocycles. The van der Waals surface area contributed by atoms with E-state index in [1.807, 2.05) is 36.5 Å². The van der Waals surface area contributed by atoms with E-state index in [1.165, 1.54) is 0 Å². The maximum atomic E-state index is 8.52. The van der Waals surface area contributed by atoms with Gasteiger partial charge in [-0.15, -0.1) is 0 Å². The monoisotopic (exact) mass is 242 g/mol. The molecular formula is C13H14N4O. The zero-order valence-electron chi connectivity index (χ0n) is 9.89. The van der Waals surface area contributed by atoms with Gasteiger partial charge in [-0.3, -0.25) is 5.10 Å². The van der Waals surface area contributed by atoms with E-state index < -0.39 is 0 Å². The highest BCUT2D eigenvalue weighted by Gasteiger charge is 2.02. The first-order valence-corrected chi connectivity index (χ1v) is 5.66. The Morgan fingerprint density at radius 1 is 1.33 bits per heavy atom. The highest BCUT2D eigenvalue weighted by molar-refractivity contribution is 5.33. The minimum Gasteiger partial charge on any atom is -0.478 e. The zero-order chi connectivity index (χ0) is 12.6. The molecular weight excluding hydrogens is 228 g/mol. The molecule has 5 heteroatoms. The van der Waals surface area contributed by atoms with Crippen LogP contribution >= 0.6 is 0 Å². The van der Waals surface area contributed by atoms with E-state index in [0.29, 0.717) is 6.54 Å². The van der Waals surface area contributed by atoms with Crippen LogP contribution in [0.1, 0.15) is 11.1 Å². The predicted octanol–water partition coefficient (Wildman–Crippen LogP) is 1.60. The molecule has 18 heavy (non-hydrogen) atoms. The third-order valence-electron chi connectivity index (χ3n) is 2.46. The van der Waals surface area contributed by atoms with E-state index in [9.17, 15) is 0 Å². The van der Waals surface area contributed by atoms with Gasteiger partial charge in [-0.1, -0.05) is 18.2 Å². The molecule has 0 aliphatic carbocycles. The van der Waals surface area contributed by atoms with Gasteiger partial charge in [-0.05, 0) is 6.07 Å². The molecule has 0 aliphatic heterocycles. The van der Waals surface area contributed by atoms with Crippen LogP contribution in [0.25, 0.3) is 0 Å². The number of aromatic nitrogens is 2. The number of hydrogen-bond acceptors (Lipinski definition) is 4. The summed E-state index contributed by atoms with van der Waals surface area (Å²) in [5, 5.41) is 18.5. The number of rotatable bonds is 6. The number of benzene rings is 1. The highest BCUT2D eigenvalue weighted by atomic mass is 16.5. The third kappa shape index (κ3) is 3.34. The summed E-state index contributed by atoms with van der Waals surface area (Å²) in [6.07, 6.45) is 3.64. The molecule has 0 spiro atoms. The molecule has 2 rings (SSSR count). The lowest BCUT2D eigenvalue weighted by Gasteiger charge is -2.09. The number of hydrogen-bond donors (Lipinski definition) is 2. The quantitative estimate of drug-likeness (QED) is 0.807. The molecule has 0 saturated heterocycles. The third-order valence-corrected chi connectivity index (χ3v) is 2.46. The van der Waals surface area contributed by atoms with Crippen LogP contribution in [-0.2, 0) is 13.1 Å². The van der Waals surface area contributed by atoms with Crippen LogP contribution in [0.3, 0.4) is 0 Å². The maximum absolute atomic E-state index is 8.52. The van der Waals surface area contributed by atoms with Crippen LogP contribution in [0.2, 0.25) is 0 Å². The molecule has 0 atom stereocenters. The molecule has 92 valence electrons. The minimum absolute atomic E-state index is 0.0682. The second-order valence-corrected chi connectivity index (χ2v) is 3.76. The molecule has 2 N–H and O–H groups in total. The summed E-state index contributed by atoms with van der Waals surface area (Å²) in [6, 6.07) is 9.66. The molecule has 5 nitrogen and oxygen atoms in total. The van der Waals surface area contributed by atoms with Crippen molar-refractivity contribution in [1.82, 2.24) is 15.5 Å². The fraction of sp³-hybridized carbons (Fsp3) is 0.231. The molecule has 0 amide bonds. The minimum atomic E-state index is 0.0682. The number of nitrogens with zero attached hydrogens (tertiary/aromatic N) is 2. The van der Waals surface area contributed by atoms with Gasteiger partial charge in [0, 0.05) is 30.4 Å². The van der Waals surface area contributed by atoms with Gasteiger partial charge < -0.3 is 10.1 Å². The van der Waals surface area contributed by atoms with Gasteiger partial charge in [0.15, 0.2) is 6.61 Å².